The molecule has 1 aromatic heterocycles. The van der Waals surface area contributed by atoms with Crippen molar-refractivity contribution in [1.82, 2.24) is 20.8 Å². The van der Waals surface area contributed by atoms with E-state index < -0.39 is 11.8 Å². The van der Waals surface area contributed by atoms with Crippen LogP contribution in [0.2, 0.25) is 5.02 Å². The number of carbonyl (C=O) groups excluding carboxylic acids is 2. The third-order valence-corrected chi connectivity index (χ3v) is 3.88. The first-order valence-electron chi connectivity index (χ1n) is 8.15. The largest absolute Gasteiger partial charge is 0.496 e. The maximum atomic E-state index is 12.4. The minimum Gasteiger partial charge on any atom is -0.496 e. The zero-order valence-corrected chi connectivity index (χ0v) is 15.5. The molecule has 3 N–H and O–H groups in total. The average molecular weight is 398 g/mol. The van der Waals surface area contributed by atoms with Gasteiger partial charge in [0.2, 0.25) is 5.95 Å². The fourth-order valence-corrected chi connectivity index (χ4v) is 2.51. The van der Waals surface area contributed by atoms with Crippen LogP contribution in [0.15, 0.2) is 60.9 Å². The molecule has 0 unspecified atom stereocenters. The molecule has 3 rings (SSSR count). The van der Waals surface area contributed by atoms with Crippen molar-refractivity contribution in [3.05, 3.63) is 77.1 Å². The number of ether oxygens (including phenoxy) is 1. The molecule has 8 nitrogen and oxygen atoms in total. The van der Waals surface area contributed by atoms with Crippen LogP contribution in [0.4, 0.5) is 11.6 Å². The standard InChI is InChI=1S/C19H16ClN5O3/c1-28-16-7-6-13(20)11-15(16)18(27)25-24-17(26)12-4-2-5-14(10-12)23-19-21-8-3-9-22-19/h2-11H,1H3,(H,24,26)(H,25,27)(H,21,22,23). The zero-order chi connectivity index (χ0) is 19.9. The maximum absolute atomic E-state index is 12.4. The number of methoxy groups -OCH3 is 1. The van der Waals surface area contributed by atoms with Crippen molar-refractivity contribution in [3.63, 3.8) is 0 Å². The van der Waals surface area contributed by atoms with Gasteiger partial charge in [-0.15, -0.1) is 0 Å². The highest BCUT2D eigenvalue weighted by atomic mass is 35.5. The van der Waals surface area contributed by atoms with E-state index in [1.165, 1.54) is 13.2 Å². The second-order valence-electron chi connectivity index (χ2n) is 5.53. The predicted molar refractivity (Wildman–Crippen MR) is 105 cm³/mol. The van der Waals surface area contributed by atoms with Gasteiger partial charge < -0.3 is 10.1 Å². The molecule has 1 heterocycles. The van der Waals surface area contributed by atoms with Crippen LogP contribution in [0.5, 0.6) is 5.75 Å². The van der Waals surface area contributed by atoms with Crippen LogP contribution in [0.25, 0.3) is 0 Å². The fraction of sp³-hybridized carbons (Fsp3) is 0.0526. The van der Waals surface area contributed by atoms with Crippen LogP contribution in [0.3, 0.4) is 0 Å². The lowest BCUT2D eigenvalue weighted by atomic mass is 10.2. The number of hydrogen-bond acceptors (Lipinski definition) is 6. The summed E-state index contributed by atoms with van der Waals surface area (Å²) in [6, 6.07) is 13.0. The first-order valence-corrected chi connectivity index (χ1v) is 8.53. The first kappa shape index (κ1) is 19.1. The number of rotatable bonds is 5. The molecule has 2 amide bonds. The summed E-state index contributed by atoms with van der Waals surface area (Å²) in [4.78, 5) is 32.8. The molecule has 0 bridgehead atoms. The number of hydrogen-bond donors (Lipinski definition) is 3. The average Bonchev–Trinajstić information content (AvgIpc) is 2.72. The van der Waals surface area contributed by atoms with E-state index in [0.29, 0.717) is 28.0 Å². The van der Waals surface area contributed by atoms with Crippen molar-refractivity contribution in [3.8, 4) is 5.75 Å². The highest BCUT2D eigenvalue weighted by Gasteiger charge is 2.14. The Balaban J connectivity index is 1.66. The van der Waals surface area contributed by atoms with E-state index in [1.54, 1.807) is 54.9 Å². The van der Waals surface area contributed by atoms with Gasteiger partial charge in [-0.2, -0.15) is 0 Å². The summed E-state index contributed by atoms with van der Waals surface area (Å²) in [5, 5.41) is 3.36. The highest BCUT2D eigenvalue weighted by molar-refractivity contribution is 6.31. The monoisotopic (exact) mass is 397 g/mol. The minimum absolute atomic E-state index is 0.201. The zero-order valence-electron chi connectivity index (χ0n) is 14.8. The van der Waals surface area contributed by atoms with E-state index in [-0.39, 0.29) is 5.56 Å². The molecule has 0 aliphatic heterocycles. The van der Waals surface area contributed by atoms with E-state index >= 15 is 0 Å². The number of nitrogens with one attached hydrogen (secondary N) is 3. The van der Waals surface area contributed by atoms with Crippen molar-refractivity contribution in [2.45, 2.75) is 0 Å². The second kappa shape index (κ2) is 8.83. The molecule has 0 fully saturated rings. The third-order valence-electron chi connectivity index (χ3n) is 3.64. The highest BCUT2D eigenvalue weighted by Crippen LogP contribution is 2.22. The van der Waals surface area contributed by atoms with Gasteiger partial charge in [0.15, 0.2) is 0 Å². The van der Waals surface area contributed by atoms with Crippen LogP contribution < -0.4 is 20.9 Å². The smallest absolute Gasteiger partial charge is 0.273 e. The van der Waals surface area contributed by atoms with Crippen molar-refractivity contribution >= 4 is 35.1 Å². The number of aromatic nitrogens is 2. The number of hydrazine groups is 1. The topological polar surface area (TPSA) is 105 Å². The Morgan fingerprint density at radius 2 is 1.71 bits per heavy atom. The number of carbonyl (C=O) groups is 2. The van der Waals surface area contributed by atoms with Gasteiger partial charge in [-0.3, -0.25) is 20.4 Å². The number of halogens is 1. The maximum Gasteiger partial charge on any atom is 0.273 e. The van der Waals surface area contributed by atoms with Crippen LogP contribution in [0, 0.1) is 0 Å². The summed E-state index contributed by atoms with van der Waals surface area (Å²) in [5.74, 6) is -0.307. The van der Waals surface area contributed by atoms with Crippen LogP contribution in [-0.2, 0) is 0 Å². The number of anilines is 2. The van der Waals surface area contributed by atoms with E-state index in [1.807, 2.05) is 0 Å². The van der Waals surface area contributed by atoms with Crippen LogP contribution in [-0.4, -0.2) is 28.9 Å². The minimum atomic E-state index is -0.556. The molecule has 142 valence electrons. The molecule has 0 spiro atoms. The molecular weight excluding hydrogens is 382 g/mol. The van der Waals surface area contributed by atoms with Gasteiger partial charge in [-0.25, -0.2) is 9.97 Å². The Kier molecular flexibility index (Phi) is 6.03. The van der Waals surface area contributed by atoms with Gasteiger partial charge in [0.05, 0.1) is 12.7 Å². The van der Waals surface area contributed by atoms with Gasteiger partial charge in [0, 0.05) is 28.7 Å². The van der Waals surface area contributed by atoms with Gasteiger partial charge in [0.1, 0.15) is 5.75 Å². The van der Waals surface area contributed by atoms with Crippen molar-refractivity contribution in [2.24, 2.45) is 0 Å². The third kappa shape index (κ3) is 4.74. The van der Waals surface area contributed by atoms with E-state index in [9.17, 15) is 9.59 Å². The molecule has 0 radical (unpaired) electrons. The van der Waals surface area contributed by atoms with Gasteiger partial charge in [0.25, 0.3) is 11.8 Å². The van der Waals surface area contributed by atoms with E-state index in [0.717, 1.165) is 0 Å². The fourth-order valence-electron chi connectivity index (χ4n) is 2.34. The van der Waals surface area contributed by atoms with E-state index in [2.05, 4.69) is 26.1 Å². The quantitative estimate of drug-likeness (QED) is 0.572. The van der Waals surface area contributed by atoms with E-state index in [4.69, 9.17) is 16.3 Å². The summed E-state index contributed by atoms with van der Waals surface area (Å²) < 4.78 is 5.13. The number of benzene rings is 2. The molecule has 0 atom stereocenters. The Morgan fingerprint density at radius 3 is 2.46 bits per heavy atom. The summed E-state index contributed by atoms with van der Waals surface area (Å²) in [6.45, 7) is 0. The normalized spacial score (nSPS) is 10.1. The van der Waals surface area contributed by atoms with Crippen molar-refractivity contribution < 1.29 is 14.3 Å². The summed E-state index contributed by atoms with van der Waals surface area (Å²) in [7, 11) is 1.44. The molecule has 2 aromatic carbocycles. The molecule has 0 aliphatic rings. The van der Waals surface area contributed by atoms with Crippen molar-refractivity contribution in [2.75, 3.05) is 12.4 Å². The van der Waals surface area contributed by atoms with Crippen molar-refractivity contribution in [1.29, 1.82) is 0 Å². The van der Waals surface area contributed by atoms with Gasteiger partial charge in [-0.05, 0) is 42.5 Å². The van der Waals surface area contributed by atoms with Crippen LogP contribution >= 0.6 is 11.6 Å². The Morgan fingerprint density at radius 1 is 0.964 bits per heavy atom. The summed E-state index contributed by atoms with van der Waals surface area (Å²) in [5.41, 5.74) is 5.87. The van der Waals surface area contributed by atoms with Gasteiger partial charge >= 0.3 is 0 Å². The Bertz CT molecular complexity index is 998. The Hall–Kier alpha value is -3.65. The molecule has 0 saturated carbocycles. The molecule has 3 aromatic rings. The Labute approximate surface area is 165 Å². The second-order valence-corrected chi connectivity index (χ2v) is 5.97. The lowest BCUT2D eigenvalue weighted by Crippen LogP contribution is -2.41. The molecule has 9 heteroatoms. The molecule has 28 heavy (non-hydrogen) atoms. The summed E-state index contributed by atoms with van der Waals surface area (Å²) >= 11 is 5.92. The van der Waals surface area contributed by atoms with Gasteiger partial charge in [-0.1, -0.05) is 17.7 Å². The summed E-state index contributed by atoms with van der Waals surface area (Å²) in [6.07, 6.45) is 3.21. The lowest BCUT2D eigenvalue weighted by Gasteiger charge is -2.11. The SMILES string of the molecule is COc1ccc(Cl)cc1C(=O)NNC(=O)c1cccc(Nc2ncccn2)c1. The number of amides is 2. The lowest BCUT2D eigenvalue weighted by molar-refractivity contribution is 0.0845. The molecular formula is C19H16ClN5O3. The molecule has 0 saturated heterocycles. The predicted octanol–water partition coefficient (Wildman–Crippen LogP) is 2.96. The van der Waals surface area contributed by atoms with Crippen LogP contribution in [0.1, 0.15) is 20.7 Å². The number of nitrogens with zero attached hydrogens (tertiary/aromatic N) is 2. The first-order chi connectivity index (χ1) is 13.6. The molecule has 0 aliphatic carbocycles.